The minimum atomic E-state index is 0.471. The Labute approximate surface area is 149 Å². The summed E-state index contributed by atoms with van der Waals surface area (Å²) in [5, 5.41) is 7.07. The lowest BCUT2D eigenvalue weighted by molar-refractivity contribution is 0.396. The van der Waals surface area contributed by atoms with Crippen LogP contribution < -0.4 is 20.3 Å². The number of nitrogens with one attached hydrogen (secondary N) is 2. The number of methoxy groups -OCH3 is 1. The second-order valence-corrected chi connectivity index (χ2v) is 7.25. The van der Waals surface area contributed by atoms with Gasteiger partial charge in [0.1, 0.15) is 5.82 Å². The first-order valence-electron chi connectivity index (χ1n) is 8.89. The third-order valence-corrected chi connectivity index (χ3v) is 5.14. The molecule has 2 N–H and O–H groups in total. The molecule has 0 spiro atoms. The van der Waals surface area contributed by atoms with Crippen LogP contribution in [-0.2, 0) is 0 Å². The maximum absolute atomic E-state index is 5.41. The van der Waals surface area contributed by atoms with Crippen LogP contribution in [0.15, 0.2) is 6.07 Å². The highest BCUT2D eigenvalue weighted by Gasteiger charge is 2.20. The van der Waals surface area contributed by atoms with Crippen LogP contribution in [-0.4, -0.2) is 41.3 Å². The van der Waals surface area contributed by atoms with Crippen molar-refractivity contribution in [2.75, 3.05) is 30.4 Å². The van der Waals surface area contributed by atoms with Gasteiger partial charge >= 0.3 is 0 Å². The molecule has 2 aliphatic rings. The first-order chi connectivity index (χ1) is 11.6. The quantitative estimate of drug-likeness (QED) is 0.810. The van der Waals surface area contributed by atoms with Crippen LogP contribution >= 0.6 is 12.2 Å². The standard InChI is InChI=1S/C17H27N5OS/c1-12-7-9-22(10-8-12)14-11-15(23-2)20-16(19-14)21-17(24)18-13-5-3-4-6-13/h11-13H,3-10H2,1-2H3,(H2,18,19,20,21,24). The Morgan fingerprint density at radius 3 is 2.58 bits per heavy atom. The summed E-state index contributed by atoms with van der Waals surface area (Å²) < 4.78 is 5.34. The molecule has 0 radical (unpaired) electrons. The summed E-state index contributed by atoms with van der Waals surface area (Å²) in [7, 11) is 1.63. The van der Waals surface area contributed by atoms with Crippen molar-refractivity contribution in [1.82, 2.24) is 15.3 Å². The number of rotatable bonds is 4. The fourth-order valence-corrected chi connectivity index (χ4v) is 3.62. The highest BCUT2D eigenvalue weighted by atomic mass is 32.1. The molecule has 1 saturated heterocycles. The van der Waals surface area contributed by atoms with E-state index in [2.05, 4.69) is 32.4 Å². The zero-order valence-corrected chi connectivity index (χ0v) is 15.4. The maximum atomic E-state index is 5.41. The van der Waals surface area contributed by atoms with Crippen LogP contribution in [0.1, 0.15) is 45.4 Å². The van der Waals surface area contributed by atoms with Gasteiger partial charge in [0.15, 0.2) is 5.11 Å². The number of hydrogen-bond donors (Lipinski definition) is 2. The van der Waals surface area contributed by atoms with Gasteiger partial charge in [0.2, 0.25) is 11.8 Å². The molecule has 1 aliphatic heterocycles. The second kappa shape index (κ2) is 7.96. The average Bonchev–Trinajstić information content (AvgIpc) is 3.08. The Bertz CT molecular complexity index is 568. The first-order valence-corrected chi connectivity index (χ1v) is 9.30. The van der Waals surface area contributed by atoms with E-state index in [-0.39, 0.29) is 0 Å². The molecule has 0 unspecified atom stereocenters. The molecular weight excluding hydrogens is 322 g/mol. The van der Waals surface area contributed by atoms with Crippen LogP contribution in [0.3, 0.4) is 0 Å². The Kier molecular flexibility index (Phi) is 5.71. The zero-order chi connectivity index (χ0) is 16.9. The zero-order valence-electron chi connectivity index (χ0n) is 14.5. The van der Waals surface area contributed by atoms with Crippen LogP contribution in [0.4, 0.5) is 11.8 Å². The number of nitrogens with zero attached hydrogens (tertiary/aromatic N) is 3. The molecule has 0 atom stereocenters. The lowest BCUT2D eigenvalue weighted by Gasteiger charge is -2.31. The molecular formula is C17H27N5OS. The van der Waals surface area contributed by atoms with Gasteiger partial charge in [-0.1, -0.05) is 19.8 Å². The summed E-state index contributed by atoms with van der Waals surface area (Å²) in [4.78, 5) is 11.3. The van der Waals surface area contributed by atoms with Crippen molar-refractivity contribution in [3.8, 4) is 5.88 Å². The monoisotopic (exact) mass is 349 g/mol. The van der Waals surface area contributed by atoms with E-state index >= 15 is 0 Å². The molecule has 132 valence electrons. The van der Waals surface area contributed by atoms with E-state index in [0.717, 1.165) is 24.8 Å². The largest absolute Gasteiger partial charge is 0.481 e. The van der Waals surface area contributed by atoms with Gasteiger partial charge in [-0.3, -0.25) is 0 Å². The summed E-state index contributed by atoms with van der Waals surface area (Å²) in [5.74, 6) is 2.74. The number of thiocarbonyl (C=S) groups is 1. The molecule has 1 aromatic heterocycles. The van der Waals surface area contributed by atoms with E-state index in [1.807, 2.05) is 6.07 Å². The van der Waals surface area contributed by atoms with Crippen molar-refractivity contribution < 1.29 is 4.74 Å². The molecule has 0 bridgehead atoms. The fraction of sp³-hybridized carbons (Fsp3) is 0.706. The highest BCUT2D eigenvalue weighted by molar-refractivity contribution is 7.80. The van der Waals surface area contributed by atoms with Gasteiger partial charge in [-0.2, -0.15) is 9.97 Å². The highest BCUT2D eigenvalue weighted by Crippen LogP contribution is 2.25. The minimum Gasteiger partial charge on any atom is -0.481 e. The van der Waals surface area contributed by atoms with E-state index < -0.39 is 0 Å². The van der Waals surface area contributed by atoms with Gasteiger partial charge < -0.3 is 20.3 Å². The lowest BCUT2D eigenvalue weighted by atomic mass is 9.99. The third kappa shape index (κ3) is 4.47. The number of hydrogen-bond acceptors (Lipinski definition) is 5. The van der Waals surface area contributed by atoms with Gasteiger partial charge in [-0.25, -0.2) is 0 Å². The van der Waals surface area contributed by atoms with Gasteiger partial charge in [0.25, 0.3) is 0 Å². The van der Waals surface area contributed by atoms with Gasteiger partial charge in [-0.15, -0.1) is 0 Å². The van der Waals surface area contributed by atoms with Crippen molar-refractivity contribution in [1.29, 1.82) is 0 Å². The molecule has 2 heterocycles. The topological polar surface area (TPSA) is 62.3 Å². The molecule has 6 nitrogen and oxygen atoms in total. The molecule has 2 fully saturated rings. The first kappa shape index (κ1) is 17.2. The van der Waals surface area contributed by atoms with E-state index in [1.54, 1.807) is 7.11 Å². The molecule has 7 heteroatoms. The smallest absolute Gasteiger partial charge is 0.234 e. The predicted molar refractivity (Wildman–Crippen MR) is 101 cm³/mol. The lowest BCUT2D eigenvalue weighted by Crippen LogP contribution is -2.37. The van der Waals surface area contributed by atoms with Crippen LogP contribution in [0.2, 0.25) is 0 Å². The van der Waals surface area contributed by atoms with Crippen molar-refractivity contribution in [3.05, 3.63) is 6.07 Å². The van der Waals surface area contributed by atoms with E-state index in [0.29, 0.717) is 23.0 Å². The van der Waals surface area contributed by atoms with Crippen molar-refractivity contribution in [3.63, 3.8) is 0 Å². The van der Waals surface area contributed by atoms with Gasteiger partial charge in [0.05, 0.1) is 7.11 Å². The van der Waals surface area contributed by atoms with E-state index in [9.17, 15) is 0 Å². The molecule has 1 saturated carbocycles. The molecule has 0 amide bonds. The number of ether oxygens (including phenoxy) is 1. The molecule has 3 rings (SSSR count). The molecule has 0 aromatic carbocycles. The van der Waals surface area contributed by atoms with Gasteiger partial charge in [-0.05, 0) is 43.8 Å². The van der Waals surface area contributed by atoms with E-state index in [4.69, 9.17) is 17.0 Å². The third-order valence-electron chi connectivity index (χ3n) is 4.92. The Morgan fingerprint density at radius 1 is 1.21 bits per heavy atom. The molecule has 1 aliphatic carbocycles. The van der Waals surface area contributed by atoms with Crippen LogP contribution in [0, 0.1) is 5.92 Å². The van der Waals surface area contributed by atoms with Gasteiger partial charge in [0, 0.05) is 25.2 Å². The minimum absolute atomic E-state index is 0.471. The Morgan fingerprint density at radius 2 is 1.92 bits per heavy atom. The molecule has 1 aromatic rings. The fourth-order valence-electron chi connectivity index (χ4n) is 3.37. The van der Waals surface area contributed by atoms with Crippen LogP contribution in [0.25, 0.3) is 0 Å². The van der Waals surface area contributed by atoms with Crippen molar-refractivity contribution in [2.45, 2.75) is 51.5 Å². The Hall–Kier alpha value is -1.63. The summed E-state index contributed by atoms with van der Waals surface area (Å²) in [5.41, 5.74) is 0. The second-order valence-electron chi connectivity index (χ2n) is 6.84. The number of piperidine rings is 1. The van der Waals surface area contributed by atoms with Crippen molar-refractivity contribution in [2.24, 2.45) is 5.92 Å². The average molecular weight is 350 g/mol. The number of anilines is 2. The normalized spacial score (nSPS) is 19.3. The van der Waals surface area contributed by atoms with E-state index in [1.165, 1.54) is 38.5 Å². The summed E-state index contributed by atoms with van der Waals surface area (Å²) in [6.07, 6.45) is 7.28. The maximum Gasteiger partial charge on any atom is 0.234 e. The molecule has 24 heavy (non-hydrogen) atoms. The summed E-state index contributed by atoms with van der Waals surface area (Å²) >= 11 is 5.41. The number of aromatic nitrogens is 2. The predicted octanol–water partition coefficient (Wildman–Crippen LogP) is 2.95. The van der Waals surface area contributed by atoms with Crippen LogP contribution in [0.5, 0.6) is 5.88 Å². The summed E-state index contributed by atoms with van der Waals surface area (Å²) in [6, 6.07) is 2.37. The Balaban J connectivity index is 1.67. The SMILES string of the molecule is COc1cc(N2CCC(C)CC2)nc(NC(=S)NC2CCCC2)n1. The summed E-state index contributed by atoms with van der Waals surface area (Å²) in [6.45, 7) is 4.34. The van der Waals surface area contributed by atoms with Crippen molar-refractivity contribution >= 4 is 29.1 Å².